The van der Waals surface area contributed by atoms with Crippen molar-refractivity contribution in [2.75, 3.05) is 33.9 Å². The normalized spacial score (nSPS) is 11.8. The van der Waals surface area contributed by atoms with Crippen LogP contribution in [0.15, 0.2) is 52.1 Å². The molecule has 0 radical (unpaired) electrons. The molecule has 6 nitrogen and oxygen atoms in total. The van der Waals surface area contributed by atoms with E-state index in [1.165, 1.54) is 11.1 Å². The highest BCUT2D eigenvalue weighted by Gasteiger charge is 2.08. The van der Waals surface area contributed by atoms with Crippen molar-refractivity contribution in [1.29, 1.82) is 0 Å². The van der Waals surface area contributed by atoms with Crippen LogP contribution in [0.3, 0.4) is 0 Å². The number of benzene rings is 1. The fourth-order valence-electron chi connectivity index (χ4n) is 2.68. The molecule has 0 unspecified atom stereocenters. The average molecular weight is 358 g/mol. The maximum atomic E-state index is 5.43. The Kier molecular flexibility index (Phi) is 8.72. The first kappa shape index (κ1) is 20.0. The third-order valence-electron chi connectivity index (χ3n) is 3.98. The third-order valence-corrected chi connectivity index (χ3v) is 3.98. The molecule has 0 fully saturated rings. The molecular weight excluding hydrogens is 328 g/mol. The van der Waals surface area contributed by atoms with Crippen LogP contribution in [0.5, 0.6) is 0 Å². The summed E-state index contributed by atoms with van der Waals surface area (Å²) in [5.41, 5.74) is 2.55. The van der Waals surface area contributed by atoms with E-state index < -0.39 is 0 Å². The van der Waals surface area contributed by atoms with Gasteiger partial charge in [0.25, 0.3) is 0 Å². The molecule has 1 aromatic carbocycles. The molecule has 0 saturated carbocycles. The molecule has 0 atom stereocenters. The molecule has 2 rings (SSSR count). The highest BCUT2D eigenvalue weighted by molar-refractivity contribution is 5.79. The van der Waals surface area contributed by atoms with E-state index in [1.807, 2.05) is 19.1 Å². The minimum Gasteiger partial charge on any atom is -0.468 e. The van der Waals surface area contributed by atoms with Crippen molar-refractivity contribution in [2.24, 2.45) is 4.99 Å². The largest absolute Gasteiger partial charge is 0.468 e. The Balaban J connectivity index is 1.87. The second-order valence-electron chi connectivity index (χ2n) is 6.07. The Morgan fingerprint density at radius 1 is 1.12 bits per heavy atom. The Hall–Kier alpha value is -2.31. The first-order valence-corrected chi connectivity index (χ1v) is 9.03. The summed E-state index contributed by atoms with van der Waals surface area (Å²) < 4.78 is 10.8. The Morgan fingerprint density at radius 3 is 2.62 bits per heavy atom. The zero-order valence-electron chi connectivity index (χ0n) is 16.0. The van der Waals surface area contributed by atoms with Crippen LogP contribution >= 0.6 is 0 Å². The van der Waals surface area contributed by atoms with Gasteiger partial charge in [-0.15, -0.1) is 0 Å². The van der Waals surface area contributed by atoms with Gasteiger partial charge in [0.1, 0.15) is 5.76 Å². The Labute approximate surface area is 156 Å². The van der Waals surface area contributed by atoms with E-state index in [0.29, 0.717) is 6.61 Å². The summed E-state index contributed by atoms with van der Waals surface area (Å²) in [6.07, 6.45) is 1.71. The second kappa shape index (κ2) is 11.3. The number of guanidine groups is 1. The van der Waals surface area contributed by atoms with E-state index >= 15 is 0 Å². The molecule has 142 valence electrons. The zero-order chi connectivity index (χ0) is 18.6. The summed E-state index contributed by atoms with van der Waals surface area (Å²) in [5.74, 6) is 1.76. The molecule has 0 spiro atoms. The van der Waals surface area contributed by atoms with E-state index in [0.717, 1.165) is 44.5 Å². The number of hydrogen-bond acceptors (Lipinski definition) is 4. The van der Waals surface area contributed by atoms with Crippen LogP contribution < -0.4 is 10.6 Å². The summed E-state index contributed by atoms with van der Waals surface area (Å²) in [7, 11) is 3.87. The van der Waals surface area contributed by atoms with E-state index in [-0.39, 0.29) is 0 Å². The number of nitrogens with one attached hydrogen (secondary N) is 2. The van der Waals surface area contributed by atoms with Gasteiger partial charge in [-0.25, -0.2) is 0 Å². The highest BCUT2D eigenvalue weighted by Crippen LogP contribution is 2.13. The fourth-order valence-corrected chi connectivity index (χ4v) is 2.68. The van der Waals surface area contributed by atoms with Gasteiger partial charge in [-0.1, -0.05) is 24.3 Å². The lowest BCUT2D eigenvalue weighted by molar-refractivity contribution is 0.152. The van der Waals surface area contributed by atoms with Crippen LogP contribution in [0, 0.1) is 0 Å². The zero-order valence-corrected chi connectivity index (χ0v) is 16.0. The van der Waals surface area contributed by atoms with Gasteiger partial charge in [0.2, 0.25) is 0 Å². The Morgan fingerprint density at radius 2 is 1.92 bits per heavy atom. The van der Waals surface area contributed by atoms with E-state index in [1.54, 1.807) is 13.3 Å². The predicted molar refractivity (Wildman–Crippen MR) is 105 cm³/mol. The van der Waals surface area contributed by atoms with Gasteiger partial charge >= 0.3 is 0 Å². The van der Waals surface area contributed by atoms with Gasteiger partial charge in [-0.2, -0.15) is 0 Å². The van der Waals surface area contributed by atoms with Crippen LogP contribution in [-0.2, 0) is 24.4 Å². The summed E-state index contributed by atoms with van der Waals surface area (Å²) in [6.45, 7) is 6.50. The molecule has 0 amide bonds. The van der Waals surface area contributed by atoms with Crippen molar-refractivity contribution in [3.8, 4) is 0 Å². The van der Waals surface area contributed by atoms with Crippen molar-refractivity contribution in [1.82, 2.24) is 15.5 Å². The lowest BCUT2D eigenvalue weighted by Crippen LogP contribution is -2.38. The summed E-state index contributed by atoms with van der Waals surface area (Å²) in [5, 5.41) is 6.62. The second-order valence-corrected chi connectivity index (χ2v) is 6.07. The van der Waals surface area contributed by atoms with Crippen molar-refractivity contribution in [3.05, 3.63) is 59.5 Å². The minimum atomic E-state index is 0.672. The molecule has 0 aliphatic carbocycles. The maximum Gasteiger partial charge on any atom is 0.191 e. The lowest BCUT2D eigenvalue weighted by atomic mass is 10.1. The first-order chi connectivity index (χ1) is 12.7. The summed E-state index contributed by atoms with van der Waals surface area (Å²) in [6, 6.07) is 12.4. The first-order valence-electron chi connectivity index (χ1n) is 9.03. The molecule has 1 aromatic heterocycles. The topological polar surface area (TPSA) is 62.0 Å². The smallest absolute Gasteiger partial charge is 0.191 e. The molecule has 6 heteroatoms. The van der Waals surface area contributed by atoms with Gasteiger partial charge in [0, 0.05) is 33.3 Å². The monoisotopic (exact) mass is 358 g/mol. The fraction of sp³-hybridized carbons (Fsp3) is 0.450. The molecule has 2 aromatic rings. The number of rotatable bonds is 10. The van der Waals surface area contributed by atoms with Gasteiger partial charge in [0.15, 0.2) is 5.96 Å². The SMILES string of the molecule is CCOCCNC(=NC)NCc1ccccc1CN(C)Cc1ccco1. The van der Waals surface area contributed by atoms with Crippen molar-refractivity contribution >= 4 is 5.96 Å². The van der Waals surface area contributed by atoms with Gasteiger partial charge in [-0.05, 0) is 37.2 Å². The molecular formula is C20H30N4O2. The lowest BCUT2D eigenvalue weighted by Gasteiger charge is -2.19. The predicted octanol–water partition coefficient (Wildman–Crippen LogP) is 2.61. The molecule has 0 aliphatic rings. The molecule has 2 N–H and O–H groups in total. The van der Waals surface area contributed by atoms with Crippen LogP contribution in [0.1, 0.15) is 23.8 Å². The minimum absolute atomic E-state index is 0.672. The number of nitrogens with zero attached hydrogens (tertiary/aromatic N) is 2. The quantitative estimate of drug-likeness (QED) is 0.388. The van der Waals surface area contributed by atoms with Crippen LogP contribution in [-0.4, -0.2) is 44.7 Å². The Bertz CT molecular complexity index is 656. The number of furan rings is 1. The van der Waals surface area contributed by atoms with E-state index in [9.17, 15) is 0 Å². The van der Waals surface area contributed by atoms with Crippen molar-refractivity contribution in [3.63, 3.8) is 0 Å². The average Bonchev–Trinajstić information content (AvgIpc) is 3.15. The molecule has 0 aliphatic heterocycles. The summed E-state index contributed by atoms with van der Waals surface area (Å²) >= 11 is 0. The van der Waals surface area contributed by atoms with E-state index in [4.69, 9.17) is 9.15 Å². The highest BCUT2D eigenvalue weighted by atomic mass is 16.5. The number of ether oxygens (including phenoxy) is 1. The van der Waals surface area contributed by atoms with Crippen molar-refractivity contribution in [2.45, 2.75) is 26.6 Å². The standard InChI is InChI=1S/C20H30N4O2/c1-4-25-13-11-22-20(21-2)23-14-17-8-5-6-9-18(17)15-24(3)16-19-10-7-12-26-19/h5-10,12H,4,11,13-16H2,1-3H3,(H2,21,22,23). The van der Waals surface area contributed by atoms with Gasteiger partial charge < -0.3 is 19.8 Å². The van der Waals surface area contributed by atoms with Crippen LogP contribution in [0.2, 0.25) is 0 Å². The van der Waals surface area contributed by atoms with Crippen LogP contribution in [0.25, 0.3) is 0 Å². The molecule has 0 saturated heterocycles. The number of aliphatic imine (C=N–C) groups is 1. The number of hydrogen-bond donors (Lipinski definition) is 2. The summed E-state index contributed by atoms with van der Waals surface area (Å²) in [4.78, 5) is 6.50. The molecule has 26 heavy (non-hydrogen) atoms. The molecule has 1 heterocycles. The van der Waals surface area contributed by atoms with Gasteiger partial charge in [-0.3, -0.25) is 9.89 Å². The van der Waals surface area contributed by atoms with Crippen LogP contribution in [0.4, 0.5) is 0 Å². The van der Waals surface area contributed by atoms with E-state index in [2.05, 4.69) is 51.8 Å². The maximum absolute atomic E-state index is 5.43. The third kappa shape index (κ3) is 6.90. The van der Waals surface area contributed by atoms with Gasteiger partial charge in [0.05, 0.1) is 19.4 Å². The molecule has 0 bridgehead atoms. The van der Waals surface area contributed by atoms with Crippen molar-refractivity contribution < 1.29 is 9.15 Å².